The van der Waals surface area contributed by atoms with Crippen molar-refractivity contribution in [1.29, 1.82) is 0 Å². The van der Waals surface area contributed by atoms with E-state index in [1.807, 2.05) is 11.3 Å². The zero-order chi connectivity index (χ0) is 20.5. The van der Waals surface area contributed by atoms with Crippen molar-refractivity contribution in [2.24, 2.45) is 10.9 Å². The molecule has 3 rings (SSSR count). The highest BCUT2D eigenvalue weighted by Crippen LogP contribution is 2.27. The summed E-state index contributed by atoms with van der Waals surface area (Å²) < 4.78 is 5.55. The Morgan fingerprint density at radius 2 is 2.03 bits per heavy atom. The van der Waals surface area contributed by atoms with E-state index in [-0.39, 0.29) is 29.9 Å². The molecule has 2 fully saturated rings. The fourth-order valence-electron chi connectivity index (χ4n) is 4.07. The minimum atomic E-state index is 0. The number of aliphatic imine (C=N–C) groups is 1. The Hall–Kier alpha value is -0.910. The largest absolute Gasteiger partial charge is 0.379 e. The van der Waals surface area contributed by atoms with Gasteiger partial charge in [0.2, 0.25) is 5.91 Å². The fourth-order valence-corrected chi connectivity index (χ4v) is 4.92. The second-order valence-electron chi connectivity index (χ2n) is 7.68. The molecule has 0 aromatic carbocycles. The zero-order valence-electron chi connectivity index (χ0n) is 18.1. The summed E-state index contributed by atoms with van der Waals surface area (Å²) in [6.07, 6.45) is 2.71. The van der Waals surface area contributed by atoms with E-state index in [9.17, 15) is 4.79 Å². The summed E-state index contributed by atoms with van der Waals surface area (Å²) in [5, 5.41) is 8.37. The van der Waals surface area contributed by atoms with Crippen LogP contribution in [-0.2, 0) is 9.53 Å². The number of carbonyl (C=O) groups excluding carboxylic acids is 1. The average Bonchev–Trinajstić information content (AvgIpc) is 3.29. The Labute approximate surface area is 201 Å². The maximum Gasteiger partial charge on any atom is 0.220 e. The number of nitrogens with one attached hydrogen (secondary N) is 2. The summed E-state index contributed by atoms with van der Waals surface area (Å²) in [5.74, 6) is 1.62. The maximum atomic E-state index is 11.7. The molecule has 0 aliphatic carbocycles. The van der Waals surface area contributed by atoms with Gasteiger partial charge in [-0.3, -0.25) is 14.7 Å². The van der Waals surface area contributed by atoms with Gasteiger partial charge in [-0.1, -0.05) is 6.07 Å². The van der Waals surface area contributed by atoms with Crippen LogP contribution in [0.1, 0.15) is 37.1 Å². The molecule has 170 valence electrons. The van der Waals surface area contributed by atoms with Gasteiger partial charge < -0.3 is 20.3 Å². The van der Waals surface area contributed by atoms with Crippen molar-refractivity contribution in [1.82, 2.24) is 20.4 Å². The molecule has 2 aliphatic heterocycles. The molecule has 9 heteroatoms. The summed E-state index contributed by atoms with van der Waals surface area (Å²) in [7, 11) is 1.71. The van der Waals surface area contributed by atoms with E-state index in [4.69, 9.17) is 9.73 Å². The van der Waals surface area contributed by atoms with E-state index < -0.39 is 0 Å². The molecule has 2 saturated heterocycles. The van der Waals surface area contributed by atoms with Crippen molar-refractivity contribution in [3.8, 4) is 0 Å². The van der Waals surface area contributed by atoms with Crippen LogP contribution in [0.5, 0.6) is 0 Å². The Morgan fingerprint density at radius 3 is 2.63 bits per heavy atom. The molecule has 1 unspecified atom stereocenters. The standard InChI is InChI=1S/C21H35N5O2S.HI/c1-3-23-21(26-8-6-17(7-9-26)15-20(27)22-2)24-16-18(19-5-4-14-29-19)25-10-12-28-13-11-25;/h4-5,14,17-18H,3,6-13,15-16H2,1-2H3,(H,22,27)(H,23,24);1H. The minimum absolute atomic E-state index is 0. The smallest absolute Gasteiger partial charge is 0.220 e. The van der Waals surface area contributed by atoms with Gasteiger partial charge in [0.05, 0.1) is 25.8 Å². The Kier molecular flexibility index (Phi) is 11.4. The van der Waals surface area contributed by atoms with E-state index in [1.54, 1.807) is 7.05 Å². The summed E-state index contributed by atoms with van der Waals surface area (Å²) in [4.78, 5) is 22.9. The number of amides is 1. The maximum absolute atomic E-state index is 11.7. The number of morpholine rings is 1. The van der Waals surface area contributed by atoms with Gasteiger partial charge in [-0.2, -0.15) is 0 Å². The summed E-state index contributed by atoms with van der Waals surface area (Å²) in [6, 6.07) is 4.65. The van der Waals surface area contributed by atoms with Gasteiger partial charge in [0.15, 0.2) is 5.96 Å². The molecule has 0 saturated carbocycles. The lowest BCUT2D eigenvalue weighted by molar-refractivity contribution is -0.121. The van der Waals surface area contributed by atoms with Crippen molar-refractivity contribution < 1.29 is 9.53 Å². The van der Waals surface area contributed by atoms with Crippen LogP contribution in [-0.4, -0.2) is 81.2 Å². The molecule has 2 N–H and O–H groups in total. The highest BCUT2D eigenvalue weighted by Gasteiger charge is 2.26. The minimum Gasteiger partial charge on any atom is -0.379 e. The van der Waals surface area contributed by atoms with E-state index >= 15 is 0 Å². The first-order valence-corrected chi connectivity index (χ1v) is 11.7. The van der Waals surface area contributed by atoms with Crippen molar-refractivity contribution >= 4 is 47.2 Å². The third kappa shape index (κ3) is 7.35. The third-order valence-electron chi connectivity index (χ3n) is 5.77. The average molecular weight is 550 g/mol. The van der Waals surface area contributed by atoms with Gasteiger partial charge in [0.1, 0.15) is 0 Å². The first-order chi connectivity index (χ1) is 14.2. The molecule has 7 nitrogen and oxygen atoms in total. The number of hydrogen-bond acceptors (Lipinski definition) is 5. The number of likely N-dealkylation sites (tertiary alicyclic amines) is 1. The van der Waals surface area contributed by atoms with Gasteiger partial charge in [-0.15, -0.1) is 35.3 Å². The summed E-state index contributed by atoms with van der Waals surface area (Å²) >= 11 is 1.81. The van der Waals surface area contributed by atoms with Crippen LogP contribution >= 0.6 is 35.3 Å². The van der Waals surface area contributed by atoms with Crippen LogP contribution < -0.4 is 10.6 Å². The van der Waals surface area contributed by atoms with Crippen LogP contribution in [0.3, 0.4) is 0 Å². The first kappa shape index (κ1) is 25.4. The van der Waals surface area contributed by atoms with Gasteiger partial charge in [0, 0.05) is 51.1 Å². The highest BCUT2D eigenvalue weighted by atomic mass is 127. The highest BCUT2D eigenvalue weighted by molar-refractivity contribution is 14.0. The number of guanidine groups is 1. The van der Waals surface area contributed by atoms with Crippen molar-refractivity contribution in [3.63, 3.8) is 0 Å². The Bertz CT molecular complexity index is 644. The topological polar surface area (TPSA) is 69.2 Å². The zero-order valence-corrected chi connectivity index (χ0v) is 21.3. The summed E-state index contributed by atoms with van der Waals surface area (Å²) in [5.41, 5.74) is 0. The number of halogens is 1. The summed E-state index contributed by atoms with van der Waals surface area (Å²) in [6.45, 7) is 9.14. The number of carbonyl (C=O) groups is 1. The number of thiophene rings is 1. The molecular formula is C21H36IN5O2S. The molecule has 0 bridgehead atoms. The van der Waals surface area contributed by atoms with Crippen molar-refractivity contribution in [2.45, 2.75) is 32.2 Å². The van der Waals surface area contributed by atoms with E-state index in [1.165, 1.54) is 4.88 Å². The molecule has 1 aromatic rings. The molecule has 3 heterocycles. The van der Waals surface area contributed by atoms with Crippen LogP contribution in [0.4, 0.5) is 0 Å². The predicted molar refractivity (Wildman–Crippen MR) is 134 cm³/mol. The number of rotatable bonds is 7. The van der Waals surface area contributed by atoms with E-state index in [0.717, 1.165) is 71.3 Å². The van der Waals surface area contributed by atoms with Crippen LogP contribution in [0, 0.1) is 5.92 Å². The monoisotopic (exact) mass is 549 g/mol. The second kappa shape index (κ2) is 13.5. The van der Waals surface area contributed by atoms with Gasteiger partial charge in [0.25, 0.3) is 0 Å². The van der Waals surface area contributed by atoms with Crippen LogP contribution in [0.2, 0.25) is 0 Å². The van der Waals surface area contributed by atoms with Crippen molar-refractivity contribution in [3.05, 3.63) is 22.4 Å². The fraction of sp³-hybridized carbons (Fsp3) is 0.714. The molecular weight excluding hydrogens is 513 g/mol. The third-order valence-corrected chi connectivity index (χ3v) is 6.75. The van der Waals surface area contributed by atoms with Gasteiger partial charge in [-0.05, 0) is 37.1 Å². The SMILES string of the molecule is CCNC(=NCC(c1cccs1)N1CCOCC1)N1CCC(CC(=O)NC)CC1.I. The molecule has 30 heavy (non-hydrogen) atoms. The number of nitrogens with zero attached hydrogens (tertiary/aromatic N) is 3. The second-order valence-corrected chi connectivity index (χ2v) is 8.66. The first-order valence-electron chi connectivity index (χ1n) is 10.8. The Morgan fingerprint density at radius 1 is 1.30 bits per heavy atom. The molecule has 0 spiro atoms. The molecule has 2 aliphatic rings. The van der Waals surface area contributed by atoms with Crippen LogP contribution in [0.15, 0.2) is 22.5 Å². The lowest BCUT2D eigenvalue weighted by Gasteiger charge is -2.35. The van der Waals surface area contributed by atoms with Crippen molar-refractivity contribution in [2.75, 3.05) is 59.5 Å². The number of ether oxygens (including phenoxy) is 1. The molecule has 0 radical (unpaired) electrons. The van der Waals surface area contributed by atoms with Gasteiger partial charge >= 0.3 is 0 Å². The molecule has 1 aromatic heterocycles. The van der Waals surface area contributed by atoms with E-state index in [0.29, 0.717) is 18.4 Å². The quantitative estimate of drug-likeness (QED) is 0.311. The number of piperidine rings is 1. The van der Waals surface area contributed by atoms with E-state index in [2.05, 4.69) is 44.9 Å². The molecule has 1 amide bonds. The van der Waals surface area contributed by atoms with Crippen LogP contribution in [0.25, 0.3) is 0 Å². The normalized spacial score (nSPS) is 19.8. The Balaban J connectivity index is 0.00000320. The lowest BCUT2D eigenvalue weighted by atomic mass is 9.93. The molecule has 1 atom stereocenters. The predicted octanol–water partition coefficient (Wildman–Crippen LogP) is 2.55. The number of hydrogen-bond donors (Lipinski definition) is 2. The van der Waals surface area contributed by atoms with Gasteiger partial charge in [-0.25, -0.2) is 0 Å². The lowest BCUT2D eigenvalue weighted by Crippen LogP contribution is -2.46.